The maximum absolute atomic E-state index is 12.6. The van der Waals surface area contributed by atoms with Crippen molar-refractivity contribution in [3.63, 3.8) is 0 Å². The van der Waals surface area contributed by atoms with Crippen LogP contribution >= 0.6 is 27.5 Å². The Bertz CT molecular complexity index is 1060. The van der Waals surface area contributed by atoms with Crippen molar-refractivity contribution >= 4 is 60.7 Å². The summed E-state index contributed by atoms with van der Waals surface area (Å²) in [5, 5.41) is 2.82. The fourth-order valence-corrected chi connectivity index (χ4v) is 5.21. The van der Waals surface area contributed by atoms with Gasteiger partial charge in [0.2, 0.25) is 15.9 Å². The molecule has 0 aliphatic carbocycles. The fraction of sp³-hybridized carbons (Fsp3) is 0.222. The third kappa shape index (κ3) is 3.88. The van der Waals surface area contributed by atoms with Gasteiger partial charge < -0.3 is 5.32 Å². The molecule has 1 fully saturated rings. The summed E-state index contributed by atoms with van der Waals surface area (Å²) in [5.74, 6) is -1.94. The Morgan fingerprint density at radius 2 is 1.96 bits per heavy atom. The number of hydrogen-bond acceptors (Lipinski definition) is 4. The quantitative estimate of drug-likeness (QED) is 0.734. The smallest absolute Gasteiger partial charge is 0.255 e. The van der Waals surface area contributed by atoms with E-state index in [-0.39, 0.29) is 22.0 Å². The van der Waals surface area contributed by atoms with Crippen molar-refractivity contribution in [3.8, 4) is 0 Å². The molecule has 9 heteroatoms. The summed E-state index contributed by atoms with van der Waals surface area (Å²) in [6.07, 6.45) is 0. The Balaban J connectivity index is 1.94. The normalized spacial score (nSPS) is 18.6. The van der Waals surface area contributed by atoms with Crippen LogP contribution in [0.5, 0.6) is 0 Å². The lowest BCUT2D eigenvalue weighted by Crippen LogP contribution is -2.30. The standard InChI is InChI=1S/C18H16BrClN2O4S/c1-10-3-5-13(8-14(10)19)21-17(23)12-4-6-15(20)16(7-12)22-18(24)11(2)9-27(22,25)26/h3-8,11H,9H2,1-2H3,(H,21,23). The molecule has 1 N–H and O–H groups in total. The highest BCUT2D eigenvalue weighted by molar-refractivity contribution is 9.10. The van der Waals surface area contributed by atoms with Gasteiger partial charge >= 0.3 is 0 Å². The molecule has 2 aromatic carbocycles. The van der Waals surface area contributed by atoms with E-state index in [1.807, 2.05) is 13.0 Å². The first-order valence-electron chi connectivity index (χ1n) is 8.04. The first-order chi connectivity index (χ1) is 12.6. The van der Waals surface area contributed by atoms with Crippen LogP contribution < -0.4 is 9.62 Å². The number of rotatable bonds is 3. The molecule has 3 rings (SSSR count). The molecule has 0 spiro atoms. The van der Waals surface area contributed by atoms with E-state index >= 15 is 0 Å². The Kier molecular flexibility index (Phi) is 5.33. The number of anilines is 2. The van der Waals surface area contributed by atoms with Gasteiger partial charge in [0, 0.05) is 15.7 Å². The second-order valence-corrected chi connectivity index (χ2v) is 9.49. The molecule has 0 radical (unpaired) electrons. The first kappa shape index (κ1) is 19.9. The number of hydrogen-bond donors (Lipinski definition) is 1. The summed E-state index contributed by atoms with van der Waals surface area (Å²) in [7, 11) is -3.81. The van der Waals surface area contributed by atoms with Crippen molar-refractivity contribution in [1.29, 1.82) is 0 Å². The Hall–Kier alpha value is -1.90. The van der Waals surface area contributed by atoms with Crippen LogP contribution in [-0.2, 0) is 14.8 Å². The lowest BCUT2D eigenvalue weighted by atomic mass is 10.1. The Morgan fingerprint density at radius 3 is 2.56 bits per heavy atom. The summed E-state index contributed by atoms with van der Waals surface area (Å²) < 4.78 is 26.2. The molecule has 2 aromatic rings. The van der Waals surface area contributed by atoms with E-state index in [0.29, 0.717) is 9.99 Å². The molecule has 142 valence electrons. The summed E-state index contributed by atoms with van der Waals surface area (Å²) in [4.78, 5) is 24.9. The van der Waals surface area contributed by atoms with E-state index in [0.717, 1.165) is 10.0 Å². The Labute approximate surface area is 170 Å². The highest BCUT2D eigenvalue weighted by Gasteiger charge is 2.43. The fourth-order valence-electron chi connectivity index (χ4n) is 2.75. The molecular weight excluding hydrogens is 456 g/mol. The summed E-state index contributed by atoms with van der Waals surface area (Å²) in [5.41, 5.74) is 1.78. The SMILES string of the molecule is Cc1ccc(NC(=O)c2ccc(Cl)c(N3C(=O)C(C)CS3(=O)=O)c2)cc1Br. The summed E-state index contributed by atoms with van der Waals surface area (Å²) >= 11 is 9.53. The number of carbonyl (C=O) groups excluding carboxylic acids is 2. The lowest BCUT2D eigenvalue weighted by Gasteiger charge is -2.18. The van der Waals surface area contributed by atoms with Gasteiger partial charge in [0.1, 0.15) is 0 Å². The van der Waals surface area contributed by atoms with E-state index in [9.17, 15) is 18.0 Å². The van der Waals surface area contributed by atoms with Crippen LogP contribution in [0.1, 0.15) is 22.8 Å². The van der Waals surface area contributed by atoms with Gasteiger partial charge in [0.05, 0.1) is 22.4 Å². The molecule has 2 amide bonds. The molecule has 27 heavy (non-hydrogen) atoms. The lowest BCUT2D eigenvalue weighted by molar-refractivity contribution is -0.119. The molecule has 0 bridgehead atoms. The van der Waals surface area contributed by atoms with Crippen LogP contribution in [0.3, 0.4) is 0 Å². The second kappa shape index (κ2) is 7.26. The van der Waals surface area contributed by atoms with E-state index in [1.54, 1.807) is 19.1 Å². The van der Waals surface area contributed by atoms with Crippen LogP contribution in [0.2, 0.25) is 5.02 Å². The summed E-state index contributed by atoms with van der Waals surface area (Å²) in [6.45, 7) is 3.47. The van der Waals surface area contributed by atoms with Crippen molar-refractivity contribution in [2.75, 3.05) is 15.4 Å². The third-order valence-electron chi connectivity index (χ3n) is 4.22. The number of carbonyl (C=O) groups is 2. The maximum Gasteiger partial charge on any atom is 0.255 e. The molecular formula is C18H16BrClN2O4S. The summed E-state index contributed by atoms with van der Waals surface area (Å²) in [6, 6.07) is 9.56. The van der Waals surface area contributed by atoms with Crippen molar-refractivity contribution in [2.45, 2.75) is 13.8 Å². The molecule has 1 unspecified atom stereocenters. The third-order valence-corrected chi connectivity index (χ3v) is 7.25. The predicted octanol–water partition coefficient (Wildman–Crippen LogP) is 3.98. The molecule has 1 aliphatic rings. The molecule has 1 saturated heterocycles. The van der Waals surface area contributed by atoms with Crippen molar-refractivity contribution in [2.24, 2.45) is 5.92 Å². The van der Waals surface area contributed by atoms with E-state index in [2.05, 4.69) is 21.2 Å². The largest absolute Gasteiger partial charge is 0.322 e. The van der Waals surface area contributed by atoms with Gasteiger partial charge in [0.25, 0.3) is 5.91 Å². The van der Waals surface area contributed by atoms with E-state index < -0.39 is 27.8 Å². The van der Waals surface area contributed by atoms with Gasteiger partial charge in [0.15, 0.2) is 0 Å². The van der Waals surface area contributed by atoms with Crippen LogP contribution in [-0.4, -0.2) is 26.0 Å². The van der Waals surface area contributed by atoms with Gasteiger partial charge in [-0.3, -0.25) is 9.59 Å². The molecule has 0 saturated carbocycles. The second-order valence-electron chi connectivity index (χ2n) is 6.37. The molecule has 1 atom stereocenters. The minimum Gasteiger partial charge on any atom is -0.322 e. The zero-order chi connectivity index (χ0) is 19.9. The Morgan fingerprint density at radius 1 is 1.26 bits per heavy atom. The number of sulfonamides is 1. The van der Waals surface area contributed by atoms with Gasteiger partial charge in [-0.2, -0.15) is 0 Å². The van der Waals surface area contributed by atoms with Crippen LogP contribution in [0.25, 0.3) is 0 Å². The van der Waals surface area contributed by atoms with Gasteiger partial charge in [-0.25, -0.2) is 12.7 Å². The van der Waals surface area contributed by atoms with Gasteiger partial charge in [-0.15, -0.1) is 0 Å². The first-order valence-corrected chi connectivity index (χ1v) is 10.8. The van der Waals surface area contributed by atoms with Crippen LogP contribution in [0.4, 0.5) is 11.4 Å². The molecule has 1 aliphatic heterocycles. The van der Waals surface area contributed by atoms with E-state index in [4.69, 9.17) is 11.6 Å². The number of nitrogens with one attached hydrogen (secondary N) is 1. The van der Waals surface area contributed by atoms with E-state index in [1.165, 1.54) is 18.2 Å². The van der Waals surface area contributed by atoms with Crippen molar-refractivity contribution in [1.82, 2.24) is 0 Å². The van der Waals surface area contributed by atoms with Crippen molar-refractivity contribution in [3.05, 3.63) is 57.0 Å². The van der Waals surface area contributed by atoms with Crippen LogP contribution in [0.15, 0.2) is 40.9 Å². The number of aryl methyl sites for hydroxylation is 1. The zero-order valence-corrected chi connectivity index (χ0v) is 17.7. The molecule has 6 nitrogen and oxygen atoms in total. The average molecular weight is 472 g/mol. The molecule has 0 aromatic heterocycles. The minimum absolute atomic E-state index is 0.0104. The average Bonchev–Trinajstić information content (AvgIpc) is 2.79. The van der Waals surface area contributed by atoms with Crippen LogP contribution in [0, 0.1) is 12.8 Å². The predicted molar refractivity (Wildman–Crippen MR) is 109 cm³/mol. The number of nitrogens with zero attached hydrogens (tertiary/aromatic N) is 1. The monoisotopic (exact) mass is 470 g/mol. The molecule has 1 heterocycles. The van der Waals surface area contributed by atoms with Gasteiger partial charge in [-0.05, 0) is 42.8 Å². The number of halogens is 2. The highest BCUT2D eigenvalue weighted by atomic mass is 79.9. The number of benzene rings is 2. The van der Waals surface area contributed by atoms with Crippen molar-refractivity contribution < 1.29 is 18.0 Å². The zero-order valence-electron chi connectivity index (χ0n) is 14.5. The van der Waals surface area contributed by atoms with Gasteiger partial charge in [-0.1, -0.05) is 40.5 Å². The minimum atomic E-state index is -3.81. The maximum atomic E-state index is 12.6. The number of amides is 2. The highest BCUT2D eigenvalue weighted by Crippen LogP contribution is 2.34. The topological polar surface area (TPSA) is 83.6 Å².